The van der Waals surface area contributed by atoms with E-state index in [0.717, 1.165) is 11.1 Å². The lowest BCUT2D eigenvalue weighted by Crippen LogP contribution is -2.30. The lowest BCUT2D eigenvalue weighted by atomic mass is 10.1. The predicted molar refractivity (Wildman–Crippen MR) is 148 cm³/mol. The zero-order valence-corrected chi connectivity index (χ0v) is 22.0. The average Bonchev–Trinajstić information content (AvgIpc) is 2.92. The molecule has 0 aliphatic carbocycles. The Morgan fingerprint density at radius 1 is 1.11 bits per heavy atom. The molecule has 4 N–H and O–H groups in total. The van der Waals surface area contributed by atoms with Gasteiger partial charge in [0, 0.05) is 42.3 Å². The van der Waals surface area contributed by atoms with E-state index in [1.54, 1.807) is 37.4 Å². The summed E-state index contributed by atoms with van der Waals surface area (Å²) in [6.45, 7) is 1.35. The first kappa shape index (κ1) is 27.2. The number of fused-ring (bicyclic) bond motifs is 1. The largest absolute Gasteiger partial charge is 0.504 e. The molecule has 1 atom stereocenters. The molecule has 0 aliphatic heterocycles. The van der Waals surface area contributed by atoms with E-state index in [0.29, 0.717) is 53.3 Å². The topological polar surface area (TPSA) is 115 Å². The number of benzene rings is 3. The Morgan fingerprint density at radius 3 is 2.58 bits per heavy atom. The van der Waals surface area contributed by atoms with Crippen LogP contribution in [0.3, 0.4) is 0 Å². The number of amides is 1. The Balaban J connectivity index is 1.39. The van der Waals surface area contributed by atoms with E-state index in [1.165, 1.54) is 24.3 Å². The molecule has 0 spiro atoms. The number of aliphatic hydroxyl groups excluding tert-OH is 1. The van der Waals surface area contributed by atoms with Gasteiger partial charge in [-0.1, -0.05) is 35.9 Å². The van der Waals surface area contributed by atoms with Crippen molar-refractivity contribution in [1.29, 1.82) is 0 Å². The van der Waals surface area contributed by atoms with Gasteiger partial charge in [0.05, 0.1) is 13.2 Å². The lowest BCUT2D eigenvalue weighted by molar-refractivity contribution is 0.0783. The summed E-state index contributed by atoms with van der Waals surface area (Å²) in [6.07, 6.45) is 1.18. The van der Waals surface area contributed by atoms with E-state index >= 15 is 0 Å². The first-order valence-electron chi connectivity index (χ1n) is 12.2. The molecule has 4 rings (SSSR count). The fraction of sp³-hybridized carbons (Fsp3) is 0.241. The molecule has 8 nitrogen and oxygen atoms in total. The summed E-state index contributed by atoms with van der Waals surface area (Å²) in [5.41, 5.74) is 2.83. The number of H-pyrrole nitrogens is 1. The summed E-state index contributed by atoms with van der Waals surface area (Å²) in [4.78, 5) is 30.8. The van der Waals surface area contributed by atoms with Crippen molar-refractivity contribution >= 4 is 28.4 Å². The Morgan fingerprint density at radius 2 is 1.84 bits per heavy atom. The number of phenolic OH excluding ortho intramolecular Hbond substituents is 1. The number of nitrogens with zero attached hydrogens (tertiary/aromatic N) is 1. The minimum atomic E-state index is -0.727. The number of carbonyl (C=O) groups excluding carboxylic acids is 1. The van der Waals surface area contributed by atoms with Crippen LogP contribution in [0, 0.1) is 0 Å². The number of aromatic nitrogens is 1. The van der Waals surface area contributed by atoms with Gasteiger partial charge in [-0.3, -0.25) is 9.59 Å². The van der Waals surface area contributed by atoms with Gasteiger partial charge >= 0.3 is 0 Å². The molecule has 0 fully saturated rings. The van der Waals surface area contributed by atoms with E-state index in [1.807, 2.05) is 24.3 Å². The van der Waals surface area contributed by atoms with Crippen molar-refractivity contribution in [3.63, 3.8) is 0 Å². The van der Waals surface area contributed by atoms with Gasteiger partial charge in [-0.05, 0) is 66.1 Å². The van der Waals surface area contributed by atoms with Gasteiger partial charge in [0.25, 0.3) is 5.91 Å². The van der Waals surface area contributed by atoms with Gasteiger partial charge in [-0.2, -0.15) is 0 Å². The fourth-order valence-electron chi connectivity index (χ4n) is 4.22. The highest BCUT2D eigenvalue weighted by molar-refractivity contribution is 6.30. The number of aliphatic hydroxyl groups is 1. The molecule has 0 aliphatic rings. The number of halogens is 1. The zero-order chi connectivity index (χ0) is 27.2. The highest BCUT2D eigenvalue weighted by Crippen LogP contribution is 2.29. The number of phenols is 1. The highest BCUT2D eigenvalue weighted by atomic mass is 35.5. The van der Waals surface area contributed by atoms with Crippen LogP contribution in [0.2, 0.25) is 5.02 Å². The summed E-state index contributed by atoms with van der Waals surface area (Å²) >= 11 is 5.94. The molecular formula is C29H30ClN3O5. The molecule has 0 radical (unpaired) electrons. The molecule has 1 heterocycles. The number of hydrogen-bond acceptors (Lipinski definition) is 6. The van der Waals surface area contributed by atoms with Crippen LogP contribution in [0.4, 0.5) is 0 Å². The number of pyridine rings is 1. The number of ether oxygens (including phenoxy) is 1. The van der Waals surface area contributed by atoms with Gasteiger partial charge in [0.15, 0.2) is 11.5 Å². The molecule has 1 unspecified atom stereocenters. The molecular weight excluding hydrogens is 506 g/mol. The van der Waals surface area contributed by atoms with Crippen LogP contribution < -0.4 is 15.5 Å². The van der Waals surface area contributed by atoms with Crippen molar-refractivity contribution in [2.45, 2.75) is 25.6 Å². The van der Waals surface area contributed by atoms with Crippen LogP contribution >= 0.6 is 11.6 Å². The van der Waals surface area contributed by atoms with Crippen molar-refractivity contribution < 1.29 is 19.7 Å². The zero-order valence-electron chi connectivity index (χ0n) is 21.2. The number of hydrogen-bond donors (Lipinski definition) is 4. The lowest BCUT2D eigenvalue weighted by Gasteiger charge is -2.17. The molecule has 4 aromatic rings. The van der Waals surface area contributed by atoms with E-state index in [4.69, 9.17) is 16.3 Å². The summed E-state index contributed by atoms with van der Waals surface area (Å²) in [5, 5.41) is 24.5. The second kappa shape index (κ2) is 12.1. The number of nitrogens with one attached hydrogen (secondary N) is 2. The van der Waals surface area contributed by atoms with Gasteiger partial charge in [-0.25, -0.2) is 0 Å². The Kier molecular flexibility index (Phi) is 8.68. The summed E-state index contributed by atoms with van der Waals surface area (Å²) in [5.74, 6) is -0.0395. The van der Waals surface area contributed by atoms with E-state index in [2.05, 4.69) is 10.3 Å². The molecule has 3 aromatic carbocycles. The summed E-state index contributed by atoms with van der Waals surface area (Å²) in [6, 6.07) is 17.5. The monoisotopic (exact) mass is 535 g/mol. The molecule has 198 valence electrons. The standard InChI is InChI=1S/C29H30ClN3O5/c1-33(17-18-3-7-21(30)8-4-18)29(37)23-16-32-24-9-5-19(13-22(24)28(23)36)15-31-12-11-25(34)20-6-10-26(35)27(14-20)38-2/h3-10,13-14,16,25,31,34-35H,11-12,15,17H2,1-2H3,(H,32,36). The van der Waals surface area contributed by atoms with Gasteiger partial charge < -0.3 is 30.2 Å². The molecule has 0 saturated carbocycles. The maximum absolute atomic E-state index is 13.2. The van der Waals surface area contributed by atoms with Crippen molar-refractivity contribution in [2.75, 3.05) is 20.7 Å². The fourth-order valence-corrected chi connectivity index (χ4v) is 4.34. The number of aromatic hydroxyl groups is 1. The number of aromatic amines is 1. The van der Waals surface area contributed by atoms with Crippen LogP contribution in [0.15, 0.2) is 71.7 Å². The third-order valence-corrected chi connectivity index (χ3v) is 6.62. The third-order valence-electron chi connectivity index (χ3n) is 6.37. The van der Waals surface area contributed by atoms with Crippen molar-refractivity contribution in [2.24, 2.45) is 0 Å². The number of carbonyl (C=O) groups is 1. The number of rotatable bonds is 10. The first-order valence-corrected chi connectivity index (χ1v) is 12.5. The maximum atomic E-state index is 13.2. The first-order chi connectivity index (χ1) is 18.3. The van der Waals surface area contributed by atoms with Crippen LogP contribution in [0.1, 0.15) is 39.6 Å². The highest BCUT2D eigenvalue weighted by Gasteiger charge is 2.18. The Hall–Kier alpha value is -3.85. The Labute approximate surface area is 225 Å². The molecule has 9 heteroatoms. The number of methoxy groups -OCH3 is 1. The van der Waals surface area contributed by atoms with E-state index in [-0.39, 0.29) is 22.6 Å². The second-order valence-electron chi connectivity index (χ2n) is 9.11. The SMILES string of the molecule is COc1cc(C(O)CCNCc2ccc3[nH]cc(C(=O)N(C)Cc4ccc(Cl)cc4)c(=O)c3c2)ccc1O. The van der Waals surface area contributed by atoms with Crippen LogP contribution in [0.25, 0.3) is 10.9 Å². The van der Waals surface area contributed by atoms with Crippen LogP contribution in [-0.4, -0.2) is 46.7 Å². The van der Waals surface area contributed by atoms with Gasteiger partial charge in [-0.15, -0.1) is 0 Å². The van der Waals surface area contributed by atoms with Crippen molar-refractivity contribution in [1.82, 2.24) is 15.2 Å². The minimum Gasteiger partial charge on any atom is -0.504 e. The summed E-state index contributed by atoms with van der Waals surface area (Å²) in [7, 11) is 3.11. The van der Waals surface area contributed by atoms with E-state index < -0.39 is 6.10 Å². The molecule has 0 saturated heterocycles. The third kappa shape index (κ3) is 6.34. The van der Waals surface area contributed by atoms with Gasteiger partial charge in [0.1, 0.15) is 5.56 Å². The minimum absolute atomic E-state index is 0.0194. The predicted octanol–water partition coefficient (Wildman–Crippen LogP) is 4.38. The summed E-state index contributed by atoms with van der Waals surface area (Å²) < 4.78 is 5.10. The smallest absolute Gasteiger partial charge is 0.259 e. The molecule has 1 aromatic heterocycles. The normalized spacial score (nSPS) is 11.9. The molecule has 38 heavy (non-hydrogen) atoms. The van der Waals surface area contributed by atoms with Gasteiger partial charge in [0.2, 0.25) is 5.43 Å². The molecule has 0 bridgehead atoms. The van der Waals surface area contributed by atoms with Crippen molar-refractivity contribution in [3.05, 3.63) is 104 Å². The van der Waals surface area contributed by atoms with Crippen molar-refractivity contribution in [3.8, 4) is 11.5 Å². The van der Waals surface area contributed by atoms with Crippen LogP contribution in [0.5, 0.6) is 11.5 Å². The molecule has 1 amide bonds. The Bertz CT molecular complexity index is 1490. The quantitative estimate of drug-likeness (QED) is 0.224. The van der Waals surface area contributed by atoms with Crippen LogP contribution in [-0.2, 0) is 13.1 Å². The average molecular weight is 536 g/mol. The maximum Gasteiger partial charge on any atom is 0.259 e. The second-order valence-corrected chi connectivity index (χ2v) is 9.55. The van der Waals surface area contributed by atoms with E-state index in [9.17, 15) is 19.8 Å².